The van der Waals surface area contributed by atoms with E-state index in [1.54, 1.807) is 0 Å². The van der Waals surface area contributed by atoms with Gasteiger partial charge in [-0.1, -0.05) is 20.8 Å². The van der Waals surface area contributed by atoms with Crippen molar-refractivity contribution >= 4 is 0 Å². The number of morpholine rings is 1. The van der Waals surface area contributed by atoms with Crippen molar-refractivity contribution in [3.05, 3.63) is 27.8 Å². The molecule has 3 fully saturated rings. The summed E-state index contributed by atoms with van der Waals surface area (Å²) in [7, 11) is 0. The molecular formula is C21H32N2O4. The van der Waals surface area contributed by atoms with Gasteiger partial charge in [0.25, 0.3) is 0 Å². The lowest BCUT2D eigenvalue weighted by Crippen LogP contribution is -2.36. The van der Waals surface area contributed by atoms with E-state index in [2.05, 4.69) is 30.6 Å². The Hall–Kier alpha value is -1.37. The number of aromatic hydroxyl groups is 1. The molecular weight excluding hydrogens is 344 g/mol. The second-order valence-electron chi connectivity index (χ2n) is 9.88. The van der Waals surface area contributed by atoms with Crippen LogP contribution in [0.3, 0.4) is 0 Å². The summed E-state index contributed by atoms with van der Waals surface area (Å²) in [6.07, 6.45) is 4.95. The monoisotopic (exact) mass is 376 g/mol. The van der Waals surface area contributed by atoms with E-state index in [1.165, 1.54) is 19.1 Å². The zero-order valence-corrected chi connectivity index (χ0v) is 16.8. The van der Waals surface area contributed by atoms with Gasteiger partial charge in [-0.15, -0.1) is 0 Å². The molecule has 1 aliphatic carbocycles. The summed E-state index contributed by atoms with van der Waals surface area (Å²) < 4.78 is 10.7. The van der Waals surface area contributed by atoms with E-state index in [0.29, 0.717) is 54.3 Å². The number of nitrogens with zero attached hydrogens (tertiary/aromatic N) is 2. The molecule has 6 heteroatoms. The van der Waals surface area contributed by atoms with Gasteiger partial charge in [-0.05, 0) is 30.1 Å². The Morgan fingerprint density at radius 1 is 1.19 bits per heavy atom. The molecule has 150 valence electrons. The molecule has 1 aromatic rings. The van der Waals surface area contributed by atoms with E-state index < -0.39 is 5.63 Å². The number of hydrogen-bond acceptors (Lipinski definition) is 6. The van der Waals surface area contributed by atoms with Gasteiger partial charge in [0.2, 0.25) is 0 Å². The number of ether oxygens (including phenoxy) is 1. The number of fused-ring (bicyclic) bond motifs is 2. The molecule has 27 heavy (non-hydrogen) atoms. The van der Waals surface area contributed by atoms with Crippen LogP contribution in [-0.2, 0) is 17.8 Å². The summed E-state index contributed by atoms with van der Waals surface area (Å²) >= 11 is 0. The van der Waals surface area contributed by atoms with Gasteiger partial charge in [-0.25, -0.2) is 4.79 Å². The molecule has 3 aliphatic rings. The summed E-state index contributed by atoms with van der Waals surface area (Å²) in [6.45, 7) is 12.1. The van der Waals surface area contributed by atoms with Crippen molar-refractivity contribution < 1.29 is 14.3 Å². The first-order chi connectivity index (χ1) is 12.7. The molecule has 3 heterocycles. The van der Waals surface area contributed by atoms with Crippen LogP contribution in [-0.4, -0.2) is 53.8 Å². The maximum absolute atomic E-state index is 12.4. The molecule has 1 saturated carbocycles. The quantitative estimate of drug-likeness (QED) is 0.871. The highest BCUT2D eigenvalue weighted by molar-refractivity contribution is 5.36. The van der Waals surface area contributed by atoms with Crippen molar-refractivity contribution in [2.75, 3.05) is 32.8 Å². The first-order valence-corrected chi connectivity index (χ1v) is 10.1. The summed E-state index contributed by atoms with van der Waals surface area (Å²) in [5.74, 6) is 0.114. The Balaban J connectivity index is 1.54. The number of hydrogen-bond donors (Lipinski definition) is 1. The first kappa shape index (κ1) is 19.0. The maximum atomic E-state index is 12.4. The predicted molar refractivity (Wildman–Crippen MR) is 103 cm³/mol. The van der Waals surface area contributed by atoms with Gasteiger partial charge in [0, 0.05) is 44.3 Å². The fraction of sp³-hybridized carbons (Fsp3) is 0.762. The molecule has 0 aromatic carbocycles. The predicted octanol–water partition coefficient (Wildman–Crippen LogP) is 2.58. The molecule has 0 unspecified atom stereocenters. The van der Waals surface area contributed by atoms with Crippen LogP contribution in [0, 0.1) is 10.8 Å². The van der Waals surface area contributed by atoms with E-state index in [-0.39, 0.29) is 5.75 Å². The van der Waals surface area contributed by atoms with E-state index in [1.807, 2.05) is 0 Å². The highest BCUT2D eigenvalue weighted by atomic mass is 16.5. The second kappa shape index (κ2) is 6.90. The number of rotatable bonds is 4. The zero-order valence-electron chi connectivity index (χ0n) is 16.8. The van der Waals surface area contributed by atoms with Crippen molar-refractivity contribution in [3.63, 3.8) is 0 Å². The van der Waals surface area contributed by atoms with Gasteiger partial charge < -0.3 is 14.3 Å². The Morgan fingerprint density at radius 3 is 2.67 bits per heavy atom. The molecule has 1 aromatic heterocycles. The van der Waals surface area contributed by atoms with E-state index in [0.717, 1.165) is 26.1 Å². The Labute approximate surface area is 161 Å². The molecule has 6 nitrogen and oxygen atoms in total. The van der Waals surface area contributed by atoms with Crippen LogP contribution in [0.25, 0.3) is 0 Å². The van der Waals surface area contributed by atoms with Crippen LogP contribution < -0.4 is 5.63 Å². The topological polar surface area (TPSA) is 66.2 Å². The lowest BCUT2D eigenvalue weighted by molar-refractivity contribution is 0.0335. The molecule has 0 spiro atoms. The molecule has 2 aliphatic heterocycles. The van der Waals surface area contributed by atoms with Crippen LogP contribution in [0.1, 0.15) is 51.2 Å². The third-order valence-electron chi connectivity index (χ3n) is 6.53. The van der Waals surface area contributed by atoms with Crippen LogP contribution >= 0.6 is 0 Å². The smallest absolute Gasteiger partial charge is 0.343 e. The van der Waals surface area contributed by atoms with Gasteiger partial charge in [0.15, 0.2) is 0 Å². The lowest BCUT2D eigenvalue weighted by Gasteiger charge is -2.39. The summed E-state index contributed by atoms with van der Waals surface area (Å²) in [6, 6.07) is 0.473. The average molecular weight is 376 g/mol. The van der Waals surface area contributed by atoms with Crippen LogP contribution in [0.4, 0.5) is 0 Å². The van der Waals surface area contributed by atoms with Crippen LogP contribution in [0.5, 0.6) is 5.75 Å². The zero-order chi connectivity index (χ0) is 19.2. The van der Waals surface area contributed by atoms with Crippen LogP contribution in [0.15, 0.2) is 15.5 Å². The summed E-state index contributed by atoms with van der Waals surface area (Å²) in [5, 5.41) is 10.8. The Kier molecular flexibility index (Phi) is 4.85. The average Bonchev–Trinajstić information content (AvgIpc) is 2.83. The maximum Gasteiger partial charge on any atom is 0.343 e. The van der Waals surface area contributed by atoms with Crippen molar-refractivity contribution in [1.29, 1.82) is 0 Å². The molecule has 2 saturated heterocycles. The third-order valence-corrected chi connectivity index (χ3v) is 6.53. The Morgan fingerprint density at radius 2 is 1.93 bits per heavy atom. The molecule has 2 bridgehead atoms. The van der Waals surface area contributed by atoms with Gasteiger partial charge in [0.1, 0.15) is 12.0 Å². The van der Waals surface area contributed by atoms with Crippen molar-refractivity contribution in [2.24, 2.45) is 10.8 Å². The number of likely N-dealkylation sites (tertiary alicyclic amines) is 1. The van der Waals surface area contributed by atoms with Gasteiger partial charge in [-0.2, -0.15) is 0 Å². The molecule has 0 amide bonds. The minimum atomic E-state index is -0.413. The van der Waals surface area contributed by atoms with Crippen molar-refractivity contribution in [2.45, 2.75) is 59.2 Å². The molecule has 2 atom stereocenters. The minimum absolute atomic E-state index is 0.114. The normalized spacial score (nSPS) is 31.3. The second-order valence-corrected chi connectivity index (χ2v) is 9.88. The van der Waals surface area contributed by atoms with Gasteiger partial charge in [0.05, 0.1) is 18.8 Å². The fourth-order valence-corrected chi connectivity index (χ4v) is 5.76. The SMILES string of the molecule is CC1(C)C[C@@H]2C[C@@](C)(CN2Cc2c(O)c(CN3CCOCC3)coc2=O)C1. The van der Waals surface area contributed by atoms with Gasteiger partial charge >= 0.3 is 5.63 Å². The first-order valence-electron chi connectivity index (χ1n) is 10.1. The fourth-order valence-electron chi connectivity index (χ4n) is 5.76. The van der Waals surface area contributed by atoms with E-state index in [9.17, 15) is 9.90 Å². The van der Waals surface area contributed by atoms with Crippen molar-refractivity contribution in [1.82, 2.24) is 9.80 Å². The largest absolute Gasteiger partial charge is 0.507 e. The highest BCUT2D eigenvalue weighted by Crippen LogP contribution is 2.52. The van der Waals surface area contributed by atoms with Gasteiger partial charge in [-0.3, -0.25) is 9.80 Å². The third kappa shape index (κ3) is 3.93. The van der Waals surface area contributed by atoms with Crippen molar-refractivity contribution in [3.8, 4) is 5.75 Å². The molecule has 1 N–H and O–H groups in total. The highest BCUT2D eigenvalue weighted by Gasteiger charge is 2.49. The summed E-state index contributed by atoms with van der Waals surface area (Å²) in [4.78, 5) is 17.0. The van der Waals surface area contributed by atoms with E-state index >= 15 is 0 Å². The minimum Gasteiger partial charge on any atom is -0.507 e. The Bertz CT molecular complexity index is 753. The molecule has 4 rings (SSSR count). The lowest BCUT2D eigenvalue weighted by atomic mass is 9.65. The van der Waals surface area contributed by atoms with Crippen LogP contribution in [0.2, 0.25) is 0 Å². The van der Waals surface area contributed by atoms with E-state index in [4.69, 9.17) is 9.15 Å². The summed E-state index contributed by atoms with van der Waals surface area (Å²) in [5.41, 5.74) is 1.32. The molecule has 0 radical (unpaired) electrons. The standard InChI is InChI=1S/C21H32N2O4/c1-20(2)8-16-9-21(3,13-20)14-23(16)11-17-18(24)15(12-27-19(17)25)10-22-4-6-26-7-5-22/h12,16,24H,4-11,13-14H2,1-3H3/t16-,21-/m1/s1.